The van der Waals surface area contributed by atoms with Crippen molar-refractivity contribution in [1.29, 1.82) is 0 Å². The Labute approximate surface area is 150 Å². The summed E-state index contributed by atoms with van der Waals surface area (Å²) in [5.41, 5.74) is 2.51. The third kappa shape index (κ3) is 3.09. The van der Waals surface area contributed by atoms with Crippen LogP contribution in [0.2, 0.25) is 0 Å². The van der Waals surface area contributed by atoms with Crippen LogP contribution in [0.4, 0.5) is 5.69 Å². The van der Waals surface area contributed by atoms with E-state index in [0.717, 1.165) is 27.3 Å². The van der Waals surface area contributed by atoms with Gasteiger partial charge in [-0.1, -0.05) is 42.5 Å². The number of amides is 1. The van der Waals surface area contributed by atoms with E-state index >= 15 is 0 Å². The van der Waals surface area contributed by atoms with Crippen LogP contribution >= 0.6 is 0 Å². The Morgan fingerprint density at radius 2 is 1.77 bits per heavy atom. The summed E-state index contributed by atoms with van der Waals surface area (Å²) in [4.78, 5) is 24.0. The molecule has 4 nitrogen and oxygen atoms in total. The van der Waals surface area contributed by atoms with Crippen molar-refractivity contribution in [3.63, 3.8) is 0 Å². The van der Waals surface area contributed by atoms with E-state index in [4.69, 9.17) is 4.42 Å². The van der Waals surface area contributed by atoms with Crippen molar-refractivity contribution in [1.82, 2.24) is 0 Å². The van der Waals surface area contributed by atoms with Gasteiger partial charge >= 0.3 is 5.63 Å². The molecule has 0 fully saturated rings. The highest BCUT2D eigenvalue weighted by Crippen LogP contribution is 2.22. The molecule has 0 spiro atoms. The smallest absolute Gasteiger partial charge is 0.336 e. The maximum absolute atomic E-state index is 12.5. The Bertz CT molecular complexity index is 1190. The molecule has 0 saturated carbocycles. The lowest BCUT2D eigenvalue weighted by molar-refractivity contribution is -0.115. The molecule has 26 heavy (non-hydrogen) atoms. The van der Waals surface area contributed by atoms with Crippen molar-refractivity contribution in [3.05, 3.63) is 88.3 Å². The average Bonchev–Trinajstić information content (AvgIpc) is 2.61. The highest BCUT2D eigenvalue weighted by molar-refractivity contribution is 5.97. The predicted molar refractivity (Wildman–Crippen MR) is 104 cm³/mol. The zero-order chi connectivity index (χ0) is 18.1. The van der Waals surface area contributed by atoms with Gasteiger partial charge in [-0.15, -0.1) is 0 Å². The van der Waals surface area contributed by atoms with E-state index in [0.29, 0.717) is 11.3 Å². The van der Waals surface area contributed by atoms with Crippen molar-refractivity contribution >= 4 is 33.3 Å². The first-order chi connectivity index (χ1) is 12.6. The molecule has 1 aromatic heterocycles. The number of nitrogens with one attached hydrogen (secondary N) is 1. The van der Waals surface area contributed by atoms with Gasteiger partial charge in [0.15, 0.2) is 0 Å². The predicted octanol–water partition coefficient (Wildman–Crippen LogP) is 4.44. The van der Waals surface area contributed by atoms with E-state index in [1.807, 2.05) is 61.5 Å². The minimum Gasteiger partial charge on any atom is -0.423 e. The van der Waals surface area contributed by atoms with Gasteiger partial charge in [0.05, 0.1) is 6.42 Å². The summed E-state index contributed by atoms with van der Waals surface area (Å²) in [5.74, 6) is -0.115. The molecule has 0 unspecified atom stereocenters. The molecule has 0 atom stereocenters. The van der Waals surface area contributed by atoms with Crippen LogP contribution in [0.25, 0.3) is 21.7 Å². The van der Waals surface area contributed by atoms with Crippen molar-refractivity contribution in [2.75, 3.05) is 5.32 Å². The number of fused-ring (bicyclic) bond motifs is 2. The van der Waals surface area contributed by atoms with Crippen LogP contribution in [0.5, 0.6) is 0 Å². The van der Waals surface area contributed by atoms with Crippen LogP contribution in [0.1, 0.15) is 11.1 Å². The van der Waals surface area contributed by atoms with E-state index in [9.17, 15) is 9.59 Å². The molecule has 4 heteroatoms. The molecule has 128 valence electrons. The van der Waals surface area contributed by atoms with Crippen molar-refractivity contribution in [2.24, 2.45) is 0 Å². The van der Waals surface area contributed by atoms with Gasteiger partial charge in [0.2, 0.25) is 5.91 Å². The van der Waals surface area contributed by atoms with Crippen LogP contribution in [0.3, 0.4) is 0 Å². The topological polar surface area (TPSA) is 59.3 Å². The normalized spacial score (nSPS) is 11.0. The Balaban J connectivity index is 1.60. The van der Waals surface area contributed by atoms with Gasteiger partial charge in [-0.25, -0.2) is 4.79 Å². The van der Waals surface area contributed by atoms with Crippen LogP contribution in [-0.2, 0) is 11.2 Å². The van der Waals surface area contributed by atoms with Crippen molar-refractivity contribution < 1.29 is 9.21 Å². The average molecular weight is 343 g/mol. The van der Waals surface area contributed by atoms with Crippen LogP contribution in [0.15, 0.2) is 75.9 Å². The maximum Gasteiger partial charge on any atom is 0.336 e. The lowest BCUT2D eigenvalue weighted by atomic mass is 10.0. The second kappa shape index (κ2) is 6.48. The summed E-state index contributed by atoms with van der Waals surface area (Å²) in [7, 11) is 0. The first kappa shape index (κ1) is 16.1. The second-order valence-corrected chi connectivity index (χ2v) is 6.32. The van der Waals surface area contributed by atoms with Crippen LogP contribution < -0.4 is 10.9 Å². The molecule has 0 bridgehead atoms. The molecule has 1 N–H and O–H groups in total. The number of rotatable bonds is 3. The van der Waals surface area contributed by atoms with E-state index in [1.165, 1.54) is 6.07 Å². The first-order valence-corrected chi connectivity index (χ1v) is 8.41. The second-order valence-electron chi connectivity index (χ2n) is 6.32. The lowest BCUT2D eigenvalue weighted by Gasteiger charge is -2.09. The maximum atomic E-state index is 12.5. The molecule has 4 rings (SSSR count). The van der Waals surface area contributed by atoms with Gasteiger partial charge in [-0.3, -0.25) is 4.79 Å². The zero-order valence-electron chi connectivity index (χ0n) is 14.3. The number of benzene rings is 3. The summed E-state index contributed by atoms with van der Waals surface area (Å²) in [6.07, 6.45) is 0.275. The molecule has 0 aliphatic rings. The summed E-state index contributed by atoms with van der Waals surface area (Å²) < 4.78 is 5.23. The quantitative estimate of drug-likeness (QED) is 0.560. The molecule has 0 aliphatic carbocycles. The number of hydrogen-bond donors (Lipinski definition) is 1. The van der Waals surface area contributed by atoms with E-state index in [2.05, 4.69) is 5.32 Å². The standard InChI is InChI=1S/C22H17NO3/c1-14-11-22(25)26-20-13-17(9-10-18(14)20)23-21(24)12-16-7-4-6-15-5-2-3-8-19(15)16/h2-11,13H,12H2,1H3,(H,23,24). The minimum atomic E-state index is -0.394. The zero-order valence-corrected chi connectivity index (χ0v) is 14.3. The first-order valence-electron chi connectivity index (χ1n) is 8.41. The fourth-order valence-corrected chi connectivity index (χ4v) is 3.23. The highest BCUT2D eigenvalue weighted by Gasteiger charge is 2.09. The van der Waals surface area contributed by atoms with Gasteiger partial charge < -0.3 is 9.73 Å². The minimum absolute atomic E-state index is 0.115. The van der Waals surface area contributed by atoms with Crippen LogP contribution in [-0.4, -0.2) is 5.91 Å². The number of hydrogen-bond acceptors (Lipinski definition) is 3. The molecule has 0 radical (unpaired) electrons. The largest absolute Gasteiger partial charge is 0.423 e. The van der Waals surface area contributed by atoms with Crippen molar-refractivity contribution in [3.8, 4) is 0 Å². The van der Waals surface area contributed by atoms with Gasteiger partial charge in [0.25, 0.3) is 0 Å². The van der Waals surface area contributed by atoms with E-state index < -0.39 is 5.63 Å². The fraction of sp³-hybridized carbons (Fsp3) is 0.0909. The molecule has 1 amide bonds. The Kier molecular flexibility index (Phi) is 4.01. The lowest BCUT2D eigenvalue weighted by Crippen LogP contribution is -2.14. The van der Waals surface area contributed by atoms with Gasteiger partial charge in [-0.2, -0.15) is 0 Å². The molecular weight excluding hydrogens is 326 g/mol. The molecule has 0 saturated heterocycles. The van der Waals surface area contributed by atoms with Gasteiger partial charge in [-0.05, 0) is 41.0 Å². The molecule has 1 heterocycles. The van der Waals surface area contributed by atoms with E-state index in [1.54, 1.807) is 6.07 Å². The molecule has 4 aromatic rings. The number of carbonyl (C=O) groups excluding carboxylic acids is 1. The fourth-order valence-electron chi connectivity index (χ4n) is 3.23. The van der Waals surface area contributed by atoms with Crippen molar-refractivity contribution in [2.45, 2.75) is 13.3 Å². The van der Waals surface area contributed by atoms with Crippen LogP contribution in [0, 0.1) is 6.92 Å². The third-order valence-corrected chi connectivity index (χ3v) is 4.47. The Hall–Kier alpha value is -3.40. The summed E-state index contributed by atoms with van der Waals surface area (Å²) >= 11 is 0. The molecule has 0 aliphatic heterocycles. The summed E-state index contributed by atoms with van der Waals surface area (Å²) in [6.45, 7) is 1.86. The number of anilines is 1. The van der Waals surface area contributed by atoms with E-state index in [-0.39, 0.29) is 12.3 Å². The number of aryl methyl sites for hydroxylation is 1. The Morgan fingerprint density at radius 3 is 2.65 bits per heavy atom. The van der Waals surface area contributed by atoms with Gasteiger partial charge in [0.1, 0.15) is 5.58 Å². The molecule has 3 aromatic carbocycles. The molecular formula is C22H17NO3. The Morgan fingerprint density at radius 1 is 0.962 bits per heavy atom. The number of carbonyl (C=O) groups is 1. The van der Waals surface area contributed by atoms with Gasteiger partial charge in [0, 0.05) is 23.2 Å². The summed E-state index contributed by atoms with van der Waals surface area (Å²) in [5, 5.41) is 5.93. The highest BCUT2D eigenvalue weighted by atomic mass is 16.4. The third-order valence-electron chi connectivity index (χ3n) is 4.47. The monoisotopic (exact) mass is 343 g/mol. The SMILES string of the molecule is Cc1cc(=O)oc2cc(NC(=O)Cc3cccc4ccccc34)ccc12. The summed E-state index contributed by atoms with van der Waals surface area (Å²) in [6, 6.07) is 20.8.